The van der Waals surface area contributed by atoms with E-state index in [1.165, 1.54) is 0 Å². The SMILES string of the molecule is CCCC[C@H](N)C(=O)NC(C(=O)O)C1CCCCC1. The Bertz CT molecular complexity index is 301. The van der Waals surface area contributed by atoms with Crippen LogP contribution in [0.4, 0.5) is 0 Å². The van der Waals surface area contributed by atoms with Gasteiger partial charge in [-0.25, -0.2) is 4.79 Å². The molecule has 19 heavy (non-hydrogen) atoms. The van der Waals surface area contributed by atoms with Gasteiger partial charge in [0.15, 0.2) is 0 Å². The third kappa shape index (κ3) is 5.19. The molecule has 5 heteroatoms. The topological polar surface area (TPSA) is 92.4 Å². The van der Waals surface area contributed by atoms with E-state index in [1.807, 2.05) is 6.92 Å². The number of carboxylic acid groups (broad SMARTS) is 1. The number of nitrogens with two attached hydrogens (primary N) is 1. The van der Waals surface area contributed by atoms with Gasteiger partial charge in [0.05, 0.1) is 6.04 Å². The van der Waals surface area contributed by atoms with Gasteiger partial charge in [0.25, 0.3) is 0 Å². The molecule has 1 aliphatic carbocycles. The van der Waals surface area contributed by atoms with E-state index in [0.29, 0.717) is 6.42 Å². The van der Waals surface area contributed by atoms with Crippen molar-refractivity contribution < 1.29 is 14.7 Å². The van der Waals surface area contributed by atoms with E-state index in [-0.39, 0.29) is 11.8 Å². The van der Waals surface area contributed by atoms with Crippen LogP contribution in [0, 0.1) is 5.92 Å². The molecule has 0 aromatic carbocycles. The smallest absolute Gasteiger partial charge is 0.326 e. The molecule has 2 atom stereocenters. The Balaban J connectivity index is 2.52. The third-order valence-corrected chi connectivity index (χ3v) is 3.89. The molecule has 0 radical (unpaired) electrons. The van der Waals surface area contributed by atoms with Crippen LogP contribution in [0.2, 0.25) is 0 Å². The summed E-state index contributed by atoms with van der Waals surface area (Å²) < 4.78 is 0. The molecule has 1 saturated carbocycles. The third-order valence-electron chi connectivity index (χ3n) is 3.89. The Labute approximate surface area is 114 Å². The largest absolute Gasteiger partial charge is 0.480 e. The summed E-state index contributed by atoms with van der Waals surface area (Å²) in [6, 6.07) is -1.37. The van der Waals surface area contributed by atoms with Crippen molar-refractivity contribution in [3.63, 3.8) is 0 Å². The van der Waals surface area contributed by atoms with Crippen LogP contribution in [0.5, 0.6) is 0 Å². The Morgan fingerprint density at radius 2 is 1.95 bits per heavy atom. The van der Waals surface area contributed by atoms with Crippen LogP contribution in [0.3, 0.4) is 0 Å². The number of rotatable bonds is 7. The van der Waals surface area contributed by atoms with Crippen molar-refractivity contribution >= 4 is 11.9 Å². The Morgan fingerprint density at radius 3 is 2.47 bits per heavy atom. The van der Waals surface area contributed by atoms with Crippen molar-refractivity contribution in [1.82, 2.24) is 5.32 Å². The summed E-state index contributed by atoms with van der Waals surface area (Å²) in [5.41, 5.74) is 5.78. The standard InChI is InChI=1S/C14H26N2O3/c1-2-3-9-11(15)13(17)16-12(14(18)19)10-7-5-4-6-8-10/h10-12H,2-9,15H2,1H3,(H,16,17)(H,18,19)/t11-,12?/m0/s1. The first-order valence-electron chi connectivity index (χ1n) is 7.35. The van der Waals surface area contributed by atoms with Crippen LogP contribution < -0.4 is 11.1 Å². The highest BCUT2D eigenvalue weighted by atomic mass is 16.4. The van der Waals surface area contributed by atoms with E-state index in [4.69, 9.17) is 5.73 Å². The zero-order chi connectivity index (χ0) is 14.3. The van der Waals surface area contributed by atoms with Gasteiger partial charge in [-0.05, 0) is 25.2 Å². The maximum Gasteiger partial charge on any atom is 0.326 e. The molecule has 1 aliphatic rings. The molecule has 1 fully saturated rings. The van der Waals surface area contributed by atoms with E-state index in [0.717, 1.165) is 44.9 Å². The van der Waals surface area contributed by atoms with E-state index in [9.17, 15) is 14.7 Å². The molecule has 0 aromatic rings. The number of aliphatic carboxylic acids is 1. The van der Waals surface area contributed by atoms with Gasteiger partial charge >= 0.3 is 5.97 Å². The fraction of sp³-hybridized carbons (Fsp3) is 0.857. The second kappa shape index (κ2) is 8.15. The summed E-state index contributed by atoms with van der Waals surface area (Å²) in [5, 5.41) is 11.9. The first kappa shape index (κ1) is 16.0. The van der Waals surface area contributed by atoms with Crippen molar-refractivity contribution in [2.75, 3.05) is 0 Å². The maximum absolute atomic E-state index is 11.9. The Morgan fingerprint density at radius 1 is 1.32 bits per heavy atom. The summed E-state index contributed by atoms with van der Waals surface area (Å²) in [7, 11) is 0. The zero-order valence-electron chi connectivity index (χ0n) is 11.7. The minimum absolute atomic E-state index is 0.0496. The molecule has 0 spiro atoms. The fourth-order valence-electron chi connectivity index (χ4n) is 2.66. The fourth-order valence-corrected chi connectivity index (χ4v) is 2.66. The predicted molar refractivity (Wildman–Crippen MR) is 73.6 cm³/mol. The van der Waals surface area contributed by atoms with Crippen LogP contribution in [-0.2, 0) is 9.59 Å². The van der Waals surface area contributed by atoms with Gasteiger partial charge in [-0.1, -0.05) is 39.0 Å². The summed E-state index contributed by atoms with van der Waals surface area (Å²) in [6.45, 7) is 2.03. The van der Waals surface area contributed by atoms with Crippen molar-refractivity contribution in [3.05, 3.63) is 0 Å². The molecule has 0 bridgehead atoms. The number of carboxylic acids is 1. The first-order valence-corrected chi connectivity index (χ1v) is 7.35. The minimum atomic E-state index is -0.942. The van der Waals surface area contributed by atoms with Crippen LogP contribution in [0.1, 0.15) is 58.3 Å². The van der Waals surface area contributed by atoms with Crippen LogP contribution in [0.15, 0.2) is 0 Å². The molecule has 0 heterocycles. The minimum Gasteiger partial charge on any atom is -0.480 e. The van der Waals surface area contributed by atoms with E-state index >= 15 is 0 Å². The molecular weight excluding hydrogens is 244 g/mol. The molecule has 0 aromatic heterocycles. The molecule has 4 N–H and O–H groups in total. The van der Waals surface area contributed by atoms with Gasteiger partial charge in [-0.3, -0.25) is 4.79 Å². The van der Waals surface area contributed by atoms with Gasteiger partial charge in [0, 0.05) is 0 Å². The lowest BCUT2D eigenvalue weighted by atomic mass is 9.83. The molecule has 110 valence electrons. The maximum atomic E-state index is 11.9. The van der Waals surface area contributed by atoms with E-state index in [2.05, 4.69) is 5.32 Å². The van der Waals surface area contributed by atoms with E-state index in [1.54, 1.807) is 0 Å². The molecule has 1 unspecified atom stereocenters. The summed E-state index contributed by atoms with van der Waals surface area (Å²) in [6.07, 6.45) is 7.48. The molecule has 0 aliphatic heterocycles. The normalized spacial score (nSPS) is 19.7. The predicted octanol–water partition coefficient (Wildman–Crippen LogP) is 1.65. The van der Waals surface area contributed by atoms with Gasteiger partial charge in [0.1, 0.15) is 6.04 Å². The second-order valence-electron chi connectivity index (χ2n) is 5.47. The zero-order valence-corrected chi connectivity index (χ0v) is 11.7. The summed E-state index contributed by atoms with van der Waals surface area (Å²) in [4.78, 5) is 23.2. The molecular formula is C14H26N2O3. The van der Waals surface area contributed by atoms with Crippen LogP contribution >= 0.6 is 0 Å². The van der Waals surface area contributed by atoms with Crippen molar-refractivity contribution in [2.24, 2.45) is 11.7 Å². The number of hydrogen-bond donors (Lipinski definition) is 3. The second-order valence-corrected chi connectivity index (χ2v) is 5.47. The number of carbonyl (C=O) groups excluding carboxylic acids is 1. The summed E-state index contributed by atoms with van der Waals surface area (Å²) >= 11 is 0. The average molecular weight is 270 g/mol. The lowest BCUT2D eigenvalue weighted by Crippen LogP contribution is -2.51. The lowest BCUT2D eigenvalue weighted by Gasteiger charge is -2.28. The van der Waals surface area contributed by atoms with E-state index < -0.39 is 18.1 Å². The molecule has 1 rings (SSSR count). The summed E-state index contributed by atoms with van der Waals surface area (Å²) in [5.74, 6) is -1.22. The highest BCUT2D eigenvalue weighted by Gasteiger charge is 2.31. The van der Waals surface area contributed by atoms with Gasteiger partial charge in [-0.15, -0.1) is 0 Å². The van der Waals surface area contributed by atoms with Crippen molar-refractivity contribution in [1.29, 1.82) is 0 Å². The highest BCUT2D eigenvalue weighted by molar-refractivity contribution is 5.86. The molecule has 0 saturated heterocycles. The molecule has 1 amide bonds. The van der Waals surface area contributed by atoms with Crippen LogP contribution in [-0.4, -0.2) is 29.1 Å². The van der Waals surface area contributed by atoms with Gasteiger partial charge < -0.3 is 16.2 Å². The Hall–Kier alpha value is -1.10. The quantitative estimate of drug-likeness (QED) is 0.656. The average Bonchev–Trinajstić information content (AvgIpc) is 2.42. The number of unbranched alkanes of at least 4 members (excludes halogenated alkanes) is 1. The lowest BCUT2D eigenvalue weighted by molar-refractivity contribution is -0.144. The number of hydrogen-bond acceptors (Lipinski definition) is 3. The van der Waals surface area contributed by atoms with Crippen molar-refractivity contribution in [3.8, 4) is 0 Å². The van der Waals surface area contributed by atoms with Crippen LogP contribution in [0.25, 0.3) is 0 Å². The van der Waals surface area contributed by atoms with Crippen molar-refractivity contribution in [2.45, 2.75) is 70.4 Å². The first-order chi connectivity index (χ1) is 9.06. The number of carbonyl (C=O) groups is 2. The molecule has 5 nitrogen and oxygen atoms in total. The van der Waals surface area contributed by atoms with Gasteiger partial charge in [0.2, 0.25) is 5.91 Å². The Kier molecular flexibility index (Phi) is 6.84. The highest BCUT2D eigenvalue weighted by Crippen LogP contribution is 2.26. The monoisotopic (exact) mass is 270 g/mol. The number of amides is 1. The van der Waals surface area contributed by atoms with Gasteiger partial charge in [-0.2, -0.15) is 0 Å². The number of nitrogens with one attached hydrogen (secondary N) is 1.